The zero-order valence-corrected chi connectivity index (χ0v) is 13.5. The Morgan fingerprint density at radius 3 is 2.77 bits per heavy atom. The molecule has 0 N–H and O–H groups in total. The molecule has 0 bridgehead atoms. The molecule has 1 aliphatic rings. The average Bonchev–Trinajstić information content (AvgIpc) is 3.08. The van der Waals surface area contributed by atoms with Crippen LogP contribution in [0.1, 0.15) is 35.0 Å². The highest BCUT2D eigenvalue weighted by Gasteiger charge is 2.29. The van der Waals surface area contributed by atoms with Gasteiger partial charge >= 0.3 is 0 Å². The molecule has 0 aliphatic carbocycles. The second kappa shape index (κ2) is 5.95. The number of aryl methyl sites for hydroxylation is 3. The molecule has 0 unspecified atom stereocenters. The largest absolute Gasteiger partial charge is 0.342 e. The first-order chi connectivity index (χ1) is 10.5. The number of carbonyl (C=O) groups is 1. The number of imidazole rings is 1. The van der Waals surface area contributed by atoms with E-state index in [2.05, 4.69) is 22.5 Å². The summed E-state index contributed by atoms with van der Waals surface area (Å²) in [6, 6.07) is 8.12. The summed E-state index contributed by atoms with van der Waals surface area (Å²) in [6.07, 6.45) is 3.55. The molecule has 0 spiro atoms. The second-order valence-corrected chi connectivity index (χ2v) is 6.28. The minimum Gasteiger partial charge on any atom is -0.342 e. The predicted octanol–water partition coefficient (Wildman–Crippen LogP) is 2.60. The zero-order valence-electron chi connectivity index (χ0n) is 13.5. The van der Waals surface area contributed by atoms with Gasteiger partial charge in [0, 0.05) is 32.3 Å². The van der Waals surface area contributed by atoms with Gasteiger partial charge in [0.2, 0.25) is 5.91 Å². The van der Waals surface area contributed by atoms with Crippen LogP contribution in [0, 0.1) is 13.8 Å². The van der Waals surface area contributed by atoms with E-state index in [-0.39, 0.29) is 5.91 Å². The van der Waals surface area contributed by atoms with Crippen LogP contribution in [0.15, 0.2) is 30.5 Å². The van der Waals surface area contributed by atoms with Gasteiger partial charge in [-0.3, -0.25) is 4.79 Å². The maximum Gasteiger partial charge on any atom is 0.227 e. The van der Waals surface area contributed by atoms with E-state index in [9.17, 15) is 4.79 Å². The molecular formula is C18H23N3O. The number of benzene rings is 1. The number of nitrogens with zero attached hydrogens (tertiary/aromatic N) is 3. The fraction of sp³-hybridized carbons (Fsp3) is 0.444. The molecule has 1 amide bonds. The van der Waals surface area contributed by atoms with Crippen molar-refractivity contribution in [1.82, 2.24) is 14.5 Å². The Morgan fingerprint density at radius 2 is 2.09 bits per heavy atom. The van der Waals surface area contributed by atoms with Crippen LogP contribution in [-0.4, -0.2) is 33.4 Å². The molecule has 116 valence electrons. The summed E-state index contributed by atoms with van der Waals surface area (Å²) in [7, 11) is 2.03. The molecule has 4 heteroatoms. The summed E-state index contributed by atoms with van der Waals surface area (Å²) in [5.74, 6) is 1.69. The Kier molecular flexibility index (Phi) is 4.01. The van der Waals surface area contributed by atoms with Gasteiger partial charge in [-0.15, -0.1) is 0 Å². The van der Waals surface area contributed by atoms with Gasteiger partial charge in [0.1, 0.15) is 5.82 Å². The van der Waals surface area contributed by atoms with E-state index in [1.165, 1.54) is 5.56 Å². The molecule has 3 rings (SSSR count). The summed E-state index contributed by atoms with van der Waals surface area (Å²) in [4.78, 5) is 19.1. The number of hydrogen-bond donors (Lipinski definition) is 0. The molecule has 1 saturated heterocycles. The number of rotatable bonds is 3. The summed E-state index contributed by atoms with van der Waals surface area (Å²) in [5.41, 5.74) is 3.36. The molecule has 2 heterocycles. The molecular weight excluding hydrogens is 274 g/mol. The third-order valence-corrected chi connectivity index (χ3v) is 4.54. The van der Waals surface area contributed by atoms with Crippen molar-refractivity contribution in [3.63, 3.8) is 0 Å². The first-order valence-electron chi connectivity index (χ1n) is 7.86. The first kappa shape index (κ1) is 14.8. The van der Waals surface area contributed by atoms with Crippen LogP contribution in [-0.2, 0) is 18.3 Å². The van der Waals surface area contributed by atoms with Crippen molar-refractivity contribution in [3.05, 3.63) is 53.1 Å². The zero-order chi connectivity index (χ0) is 15.7. The van der Waals surface area contributed by atoms with E-state index in [0.29, 0.717) is 12.3 Å². The quantitative estimate of drug-likeness (QED) is 0.873. The number of aromatic nitrogens is 2. The lowest BCUT2D eigenvalue weighted by molar-refractivity contribution is -0.129. The summed E-state index contributed by atoms with van der Waals surface area (Å²) in [6.45, 7) is 5.70. The molecule has 0 saturated carbocycles. The molecule has 22 heavy (non-hydrogen) atoms. The van der Waals surface area contributed by atoms with Crippen molar-refractivity contribution >= 4 is 5.91 Å². The van der Waals surface area contributed by atoms with Gasteiger partial charge in [0.05, 0.1) is 12.1 Å². The Bertz CT molecular complexity index is 689. The summed E-state index contributed by atoms with van der Waals surface area (Å²) >= 11 is 0. The van der Waals surface area contributed by atoms with Crippen LogP contribution < -0.4 is 0 Å². The SMILES string of the molecule is Cc1cn(C)c([C@@H]2CCN(C(=O)Cc3ccccc3C)C2)n1. The molecule has 0 radical (unpaired) electrons. The van der Waals surface area contributed by atoms with Crippen molar-refractivity contribution in [2.24, 2.45) is 7.05 Å². The van der Waals surface area contributed by atoms with Gasteiger partial charge in [-0.25, -0.2) is 4.98 Å². The van der Waals surface area contributed by atoms with Gasteiger partial charge in [0.25, 0.3) is 0 Å². The summed E-state index contributed by atoms with van der Waals surface area (Å²) in [5, 5.41) is 0. The van der Waals surface area contributed by atoms with Gasteiger partial charge in [0.15, 0.2) is 0 Å². The highest BCUT2D eigenvalue weighted by atomic mass is 16.2. The van der Waals surface area contributed by atoms with E-state index in [4.69, 9.17) is 0 Å². The minimum absolute atomic E-state index is 0.225. The van der Waals surface area contributed by atoms with E-state index >= 15 is 0 Å². The molecule has 1 aliphatic heterocycles. The lowest BCUT2D eigenvalue weighted by atomic mass is 10.1. The van der Waals surface area contributed by atoms with Crippen molar-refractivity contribution in [2.75, 3.05) is 13.1 Å². The normalized spacial score (nSPS) is 18.0. The van der Waals surface area contributed by atoms with Crippen LogP contribution >= 0.6 is 0 Å². The van der Waals surface area contributed by atoms with E-state index in [0.717, 1.165) is 36.6 Å². The molecule has 1 atom stereocenters. The van der Waals surface area contributed by atoms with Crippen molar-refractivity contribution in [2.45, 2.75) is 32.6 Å². The van der Waals surface area contributed by atoms with Gasteiger partial charge in [-0.2, -0.15) is 0 Å². The van der Waals surface area contributed by atoms with Gasteiger partial charge < -0.3 is 9.47 Å². The second-order valence-electron chi connectivity index (χ2n) is 6.28. The van der Waals surface area contributed by atoms with E-state index in [1.807, 2.05) is 43.3 Å². The van der Waals surface area contributed by atoms with Crippen molar-refractivity contribution in [3.8, 4) is 0 Å². The molecule has 1 fully saturated rings. The van der Waals surface area contributed by atoms with E-state index in [1.54, 1.807) is 0 Å². The fourth-order valence-corrected chi connectivity index (χ4v) is 3.29. The topological polar surface area (TPSA) is 38.1 Å². The Balaban J connectivity index is 1.66. The minimum atomic E-state index is 0.225. The highest BCUT2D eigenvalue weighted by molar-refractivity contribution is 5.79. The monoisotopic (exact) mass is 297 g/mol. The van der Waals surface area contributed by atoms with Crippen molar-refractivity contribution < 1.29 is 4.79 Å². The number of amides is 1. The van der Waals surface area contributed by atoms with Crippen LogP contribution in [0.4, 0.5) is 0 Å². The lowest BCUT2D eigenvalue weighted by Gasteiger charge is -2.17. The van der Waals surface area contributed by atoms with Crippen molar-refractivity contribution in [1.29, 1.82) is 0 Å². The highest BCUT2D eigenvalue weighted by Crippen LogP contribution is 2.27. The molecule has 1 aromatic carbocycles. The third kappa shape index (κ3) is 2.91. The van der Waals surface area contributed by atoms with E-state index < -0.39 is 0 Å². The maximum absolute atomic E-state index is 12.5. The molecule has 1 aromatic heterocycles. The van der Waals surface area contributed by atoms with Gasteiger partial charge in [-0.05, 0) is 31.4 Å². The molecule has 4 nitrogen and oxygen atoms in total. The lowest BCUT2D eigenvalue weighted by Crippen LogP contribution is -2.30. The Morgan fingerprint density at radius 1 is 1.32 bits per heavy atom. The third-order valence-electron chi connectivity index (χ3n) is 4.54. The number of hydrogen-bond acceptors (Lipinski definition) is 2. The summed E-state index contributed by atoms with van der Waals surface area (Å²) < 4.78 is 2.09. The van der Waals surface area contributed by atoms with Crippen LogP contribution in [0.5, 0.6) is 0 Å². The Labute approximate surface area is 131 Å². The standard InChI is InChI=1S/C18H23N3O/c1-13-6-4-5-7-15(13)10-17(22)21-9-8-16(12-21)18-19-14(2)11-20(18)3/h4-7,11,16H,8-10,12H2,1-3H3/t16-/m1/s1. The number of likely N-dealkylation sites (tertiary alicyclic amines) is 1. The maximum atomic E-state index is 12.5. The smallest absolute Gasteiger partial charge is 0.227 e. The van der Waals surface area contributed by atoms with Crippen LogP contribution in [0.2, 0.25) is 0 Å². The first-order valence-corrected chi connectivity index (χ1v) is 7.86. The average molecular weight is 297 g/mol. The van der Waals surface area contributed by atoms with Crippen LogP contribution in [0.25, 0.3) is 0 Å². The fourth-order valence-electron chi connectivity index (χ4n) is 3.29. The predicted molar refractivity (Wildman–Crippen MR) is 86.8 cm³/mol. The number of carbonyl (C=O) groups excluding carboxylic acids is 1. The Hall–Kier alpha value is -2.10. The molecule has 2 aromatic rings. The van der Waals surface area contributed by atoms with Gasteiger partial charge in [-0.1, -0.05) is 24.3 Å². The van der Waals surface area contributed by atoms with Crippen LogP contribution in [0.3, 0.4) is 0 Å².